The third-order valence-corrected chi connectivity index (χ3v) is 2.44. The van der Waals surface area contributed by atoms with Gasteiger partial charge in [0.2, 0.25) is 0 Å². The first-order chi connectivity index (χ1) is 5.06. The molecule has 2 N–H and O–H groups in total. The van der Waals surface area contributed by atoms with Crippen LogP contribution in [0.2, 0.25) is 0 Å². The maximum Gasteiger partial charge on any atom is 0.407 e. The molecule has 0 bridgehead atoms. The summed E-state index contributed by atoms with van der Waals surface area (Å²) in [4.78, 5) is 12.0. The average molecular weight is 158 g/mol. The SMILES string of the molecule is CN(C(=O)O)[C@@]1(C)CCNC1. The summed E-state index contributed by atoms with van der Waals surface area (Å²) in [6, 6.07) is 0. The predicted octanol–water partition coefficient (Wildman–Crippen LogP) is 0.348. The molecule has 0 radical (unpaired) electrons. The van der Waals surface area contributed by atoms with E-state index in [0.717, 1.165) is 19.5 Å². The molecule has 0 unspecified atom stereocenters. The maximum absolute atomic E-state index is 10.6. The smallest absolute Gasteiger partial charge is 0.407 e. The topological polar surface area (TPSA) is 52.6 Å². The second-order valence-corrected chi connectivity index (χ2v) is 3.27. The van der Waals surface area contributed by atoms with Crippen LogP contribution >= 0.6 is 0 Å². The number of nitrogens with zero attached hydrogens (tertiary/aromatic N) is 1. The molecule has 0 saturated carbocycles. The minimum absolute atomic E-state index is 0.203. The Morgan fingerprint density at radius 2 is 2.36 bits per heavy atom. The molecule has 1 aliphatic rings. The molecule has 0 aromatic rings. The zero-order valence-corrected chi connectivity index (χ0v) is 6.92. The number of carboxylic acid groups (broad SMARTS) is 1. The number of carbonyl (C=O) groups is 1. The Morgan fingerprint density at radius 1 is 1.73 bits per heavy atom. The molecule has 1 fully saturated rings. The van der Waals surface area contributed by atoms with Gasteiger partial charge in [-0.3, -0.25) is 0 Å². The molecule has 0 aromatic carbocycles. The Hall–Kier alpha value is -0.770. The second-order valence-electron chi connectivity index (χ2n) is 3.27. The highest BCUT2D eigenvalue weighted by Crippen LogP contribution is 2.20. The molecule has 1 atom stereocenters. The zero-order valence-electron chi connectivity index (χ0n) is 6.92. The molecule has 4 nitrogen and oxygen atoms in total. The molecule has 64 valence electrons. The Labute approximate surface area is 66.2 Å². The minimum atomic E-state index is -0.851. The van der Waals surface area contributed by atoms with Gasteiger partial charge in [0, 0.05) is 13.6 Å². The van der Waals surface area contributed by atoms with Crippen LogP contribution in [0.25, 0.3) is 0 Å². The fourth-order valence-corrected chi connectivity index (χ4v) is 1.32. The molecule has 1 heterocycles. The van der Waals surface area contributed by atoms with Crippen LogP contribution in [0, 0.1) is 0 Å². The maximum atomic E-state index is 10.6. The fraction of sp³-hybridized carbons (Fsp3) is 0.857. The van der Waals surface area contributed by atoms with Crippen LogP contribution in [-0.4, -0.2) is 41.8 Å². The molecule has 0 aromatic heterocycles. The molecule has 11 heavy (non-hydrogen) atoms. The molecule has 0 aliphatic carbocycles. The van der Waals surface area contributed by atoms with Crippen LogP contribution in [0.4, 0.5) is 4.79 Å². The number of amides is 1. The molecular formula is C7H14N2O2. The van der Waals surface area contributed by atoms with Gasteiger partial charge in [-0.25, -0.2) is 4.79 Å². The number of nitrogens with one attached hydrogen (secondary N) is 1. The first-order valence-corrected chi connectivity index (χ1v) is 3.74. The Kier molecular flexibility index (Phi) is 2.04. The van der Waals surface area contributed by atoms with E-state index >= 15 is 0 Å². The van der Waals surface area contributed by atoms with Crippen molar-refractivity contribution >= 4 is 6.09 Å². The van der Waals surface area contributed by atoms with E-state index in [9.17, 15) is 4.79 Å². The molecule has 0 spiro atoms. The fourth-order valence-electron chi connectivity index (χ4n) is 1.32. The first-order valence-electron chi connectivity index (χ1n) is 3.74. The Balaban J connectivity index is 2.63. The van der Waals surface area contributed by atoms with Gasteiger partial charge < -0.3 is 15.3 Å². The van der Waals surface area contributed by atoms with Crippen LogP contribution in [0.5, 0.6) is 0 Å². The van der Waals surface area contributed by atoms with Crippen LogP contribution in [-0.2, 0) is 0 Å². The third kappa shape index (κ3) is 1.45. The molecule has 1 saturated heterocycles. The second kappa shape index (κ2) is 2.70. The quantitative estimate of drug-likeness (QED) is 0.579. The molecule has 1 rings (SSSR count). The zero-order chi connectivity index (χ0) is 8.48. The van der Waals surface area contributed by atoms with E-state index in [1.165, 1.54) is 4.90 Å². The number of likely N-dealkylation sites (N-methyl/N-ethyl adjacent to an activating group) is 1. The highest BCUT2D eigenvalue weighted by atomic mass is 16.4. The lowest BCUT2D eigenvalue weighted by Crippen LogP contribution is -2.48. The molecular weight excluding hydrogens is 144 g/mol. The summed E-state index contributed by atoms with van der Waals surface area (Å²) in [6.45, 7) is 3.63. The van der Waals surface area contributed by atoms with Crippen LogP contribution in [0.3, 0.4) is 0 Å². The van der Waals surface area contributed by atoms with E-state index in [0.29, 0.717) is 0 Å². The van der Waals surface area contributed by atoms with Crippen molar-refractivity contribution in [2.75, 3.05) is 20.1 Å². The van der Waals surface area contributed by atoms with Gasteiger partial charge in [0.25, 0.3) is 0 Å². The average Bonchev–Trinajstić information content (AvgIpc) is 2.35. The van der Waals surface area contributed by atoms with Crippen molar-refractivity contribution in [3.8, 4) is 0 Å². The van der Waals surface area contributed by atoms with E-state index < -0.39 is 6.09 Å². The summed E-state index contributed by atoms with van der Waals surface area (Å²) in [7, 11) is 1.62. The lowest BCUT2D eigenvalue weighted by atomic mass is 10.0. The van der Waals surface area contributed by atoms with Gasteiger partial charge in [-0.2, -0.15) is 0 Å². The summed E-state index contributed by atoms with van der Waals surface area (Å²) < 4.78 is 0. The van der Waals surface area contributed by atoms with Crippen LogP contribution in [0.15, 0.2) is 0 Å². The van der Waals surface area contributed by atoms with Gasteiger partial charge in [-0.1, -0.05) is 0 Å². The van der Waals surface area contributed by atoms with Gasteiger partial charge in [0.05, 0.1) is 5.54 Å². The van der Waals surface area contributed by atoms with Gasteiger partial charge in [0.15, 0.2) is 0 Å². The van der Waals surface area contributed by atoms with Gasteiger partial charge in [0.1, 0.15) is 0 Å². The Morgan fingerprint density at radius 3 is 2.73 bits per heavy atom. The first kappa shape index (κ1) is 8.33. The van der Waals surface area contributed by atoms with Crippen LogP contribution < -0.4 is 5.32 Å². The van der Waals surface area contributed by atoms with E-state index in [-0.39, 0.29) is 5.54 Å². The number of hydrogen-bond donors (Lipinski definition) is 2. The highest BCUT2D eigenvalue weighted by molar-refractivity contribution is 5.65. The summed E-state index contributed by atoms with van der Waals surface area (Å²) >= 11 is 0. The minimum Gasteiger partial charge on any atom is -0.465 e. The number of rotatable bonds is 1. The van der Waals surface area contributed by atoms with E-state index in [1.807, 2.05) is 6.92 Å². The summed E-state index contributed by atoms with van der Waals surface area (Å²) in [5.74, 6) is 0. The van der Waals surface area contributed by atoms with Crippen molar-refractivity contribution in [2.45, 2.75) is 18.9 Å². The predicted molar refractivity (Wildman–Crippen MR) is 41.7 cm³/mol. The van der Waals surface area contributed by atoms with Gasteiger partial charge in [-0.15, -0.1) is 0 Å². The standard InChI is InChI=1S/C7H14N2O2/c1-7(3-4-8-5-7)9(2)6(10)11/h8H,3-5H2,1-2H3,(H,10,11)/t7-/m0/s1. The molecule has 4 heteroatoms. The van der Waals surface area contributed by atoms with Crippen molar-refractivity contribution in [2.24, 2.45) is 0 Å². The van der Waals surface area contributed by atoms with Gasteiger partial charge >= 0.3 is 6.09 Å². The van der Waals surface area contributed by atoms with Crippen molar-refractivity contribution < 1.29 is 9.90 Å². The van der Waals surface area contributed by atoms with Crippen molar-refractivity contribution in [3.63, 3.8) is 0 Å². The lowest BCUT2D eigenvalue weighted by Gasteiger charge is -2.32. The summed E-state index contributed by atoms with van der Waals surface area (Å²) in [5.41, 5.74) is -0.203. The summed E-state index contributed by atoms with van der Waals surface area (Å²) in [5, 5.41) is 11.8. The highest BCUT2D eigenvalue weighted by Gasteiger charge is 2.35. The van der Waals surface area contributed by atoms with Crippen molar-refractivity contribution in [3.05, 3.63) is 0 Å². The van der Waals surface area contributed by atoms with Crippen molar-refractivity contribution in [1.82, 2.24) is 10.2 Å². The molecule has 1 amide bonds. The Bertz CT molecular complexity index is 164. The van der Waals surface area contributed by atoms with Crippen molar-refractivity contribution in [1.29, 1.82) is 0 Å². The number of hydrogen-bond acceptors (Lipinski definition) is 2. The largest absolute Gasteiger partial charge is 0.465 e. The molecule has 1 aliphatic heterocycles. The van der Waals surface area contributed by atoms with Gasteiger partial charge in [-0.05, 0) is 19.9 Å². The third-order valence-electron chi connectivity index (χ3n) is 2.44. The summed E-state index contributed by atoms with van der Waals surface area (Å²) in [6.07, 6.45) is 0.0479. The normalized spacial score (nSPS) is 30.4. The monoisotopic (exact) mass is 158 g/mol. The lowest BCUT2D eigenvalue weighted by molar-refractivity contribution is 0.110. The van der Waals surface area contributed by atoms with Crippen LogP contribution in [0.1, 0.15) is 13.3 Å². The van der Waals surface area contributed by atoms with E-state index in [2.05, 4.69) is 5.32 Å². The van der Waals surface area contributed by atoms with E-state index in [4.69, 9.17) is 5.11 Å². The van der Waals surface area contributed by atoms with E-state index in [1.54, 1.807) is 7.05 Å².